The smallest absolute Gasteiger partial charge is 0.348 e. The zero-order chi connectivity index (χ0) is 9.61. The molecule has 0 saturated heterocycles. The molecule has 1 amide bonds. The first-order valence-electron chi connectivity index (χ1n) is 3.39. The largest absolute Gasteiger partial charge is 0.471 e. The number of hydrogen-bond donors (Lipinski definition) is 1. The normalized spacial score (nSPS) is 11.3. The van der Waals surface area contributed by atoms with Gasteiger partial charge in [-0.05, 0) is 12.8 Å². The lowest BCUT2D eigenvalue weighted by Gasteiger charge is -2.06. The Hall–Kier alpha value is -0.260. The van der Waals surface area contributed by atoms with E-state index in [1.807, 2.05) is 0 Å². The fourth-order valence-electron chi connectivity index (χ4n) is 0.522. The average molecular weight is 248 g/mol. The second-order valence-electron chi connectivity index (χ2n) is 2.15. The number of hydrogen-bond acceptors (Lipinski definition) is 1. The van der Waals surface area contributed by atoms with Gasteiger partial charge in [-0.15, -0.1) is 0 Å². The minimum Gasteiger partial charge on any atom is -0.348 e. The summed E-state index contributed by atoms with van der Waals surface area (Å²) >= 11 is 3.12. The van der Waals surface area contributed by atoms with Crippen LogP contribution < -0.4 is 5.32 Å². The van der Waals surface area contributed by atoms with Crippen LogP contribution >= 0.6 is 15.9 Å². The third-order valence-corrected chi connectivity index (χ3v) is 1.66. The quantitative estimate of drug-likeness (QED) is 0.596. The van der Waals surface area contributed by atoms with Crippen molar-refractivity contribution in [2.75, 3.05) is 11.9 Å². The highest BCUT2D eigenvalue weighted by atomic mass is 79.9. The molecule has 12 heavy (non-hydrogen) atoms. The molecule has 0 radical (unpaired) electrons. The Labute approximate surface area is 76.6 Å². The van der Waals surface area contributed by atoms with Crippen LogP contribution in [0.15, 0.2) is 0 Å². The molecule has 0 rings (SSSR count). The number of rotatable bonds is 4. The van der Waals surface area contributed by atoms with Crippen LogP contribution in [-0.2, 0) is 4.79 Å². The summed E-state index contributed by atoms with van der Waals surface area (Å²) in [7, 11) is 0. The number of alkyl halides is 4. The molecule has 0 aromatic carbocycles. The minimum atomic E-state index is -4.76. The van der Waals surface area contributed by atoms with Gasteiger partial charge in [0, 0.05) is 11.9 Å². The van der Waals surface area contributed by atoms with E-state index >= 15 is 0 Å². The molecule has 0 aromatic rings. The molecule has 0 aliphatic heterocycles. The fourth-order valence-corrected chi connectivity index (χ4v) is 0.918. The van der Waals surface area contributed by atoms with Crippen LogP contribution in [0.5, 0.6) is 0 Å². The predicted molar refractivity (Wildman–Crippen MR) is 42.1 cm³/mol. The molecule has 0 aliphatic rings. The summed E-state index contributed by atoms with van der Waals surface area (Å²) in [6.45, 7) is 0.0734. The van der Waals surface area contributed by atoms with Crippen LogP contribution in [0, 0.1) is 0 Å². The Morgan fingerprint density at radius 3 is 2.33 bits per heavy atom. The van der Waals surface area contributed by atoms with Crippen molar-refractivity contribution in [3.8, 4) is 0 Å². The first-order chi connectivity index (χ1) is 5.48. The Morgan fingerprint density at radius 2 is 1.92 bits per heavy atom. The molecule has 0 saturated carbocycles. The first kappa shape index (κ1) is 11.7. The second-order valence-corrected chi connectivity index (χ2v) is 2.94. The number of nitrogens with one attached hydrogen (secondary N) is 1. The molecule has 0 atom stereocenters. The number of carbonyl (C=O) groups is 1. The highest BCUT2D eigenvalue weighted by Crippen LogP contribution is 2.13. The summed E-state index contributed by atoms with van der Waals surface area (Å²) in [6, 6.07) is 0. The second kappa shape index (κ2) is 5.40. The predicted octanol–water partition coefficient (Wildman–Crippen LogP) is 1.84. The van der Waals surface area contributed by atoms with Crippen LogP contribution in [-0.4, -0.2) is 24.0 Å². The van der Waals surface area contributed by atoms with Crippen molar-refractivity contribution in [1.29, 1.82) is 0 Å². The fraction of sp³-hybridized carbons (Fsp3) is 0.833. The highest BCUT2D eigenvalue weighted by molar-refractivity contribution is 9.09. The van der Waals surface area contributed by atoms with Crippen LogP contribution in [0.1, 0.15) is 12.8 Å². The molecule has 0 fully saturated rings. The minimum absolute atomic E-state index is 0.0734. The van der Waals surface area contributed by atoms with E-state index in [1.54, 1.807) is 5.32 Å². The van der Waals surface area contributed by atoms with Gasteiger partial charge >= 0.3 is 12.1 Å². The van der Waals surface area contributed by atoms with E-state index in [-0.39, 0.29) is 6.54 Å². The zero-order valence-electron chi connectivity index (χ0n) is 6.25. The third kappa shape index (κ3) is 5.40. The lowest BCUT2D eigenvalue weighted by atomic mass is 10.3. The lowest BCUT2D eigenvalue weighted by Crippen LogP contribution is -2.37. The maximum absolute atomic E-state index is 11.5. The molecule has 6 heteroatoms. The van der Waals surface area contributed by atoms with Crippen molar-refractivity contribution in [2.24, 2.45) is 0 Å². The summed E-state index contributed by atoms with van der Waals surface area (Å²) in [5.41, 5.74) is 0. The molecule has 0 spiro atoms. The SMILES string of the molecule is O=C(NCCCCBr)C(F)(F)F. The van der Waals surface area contributed by atoms with Crippen molar-refractivity contribution in [2.45, 2.75) is 19.0 Å². The van der Waals surface area contributed by atoms with Gasteiger partial charge in [0.05, 0.1) is 0 Å². The molecule has 2 nitrogen and oxygen atoms in total. The van der Waals surface area contributed by atoms with E-state index < -0.39 is 12.1 Å². The monoisotopic (exact) mass is 247 g/mol. The van der Waals surface area contributed by atoms with Gasteiger partial charge in [-0.2, -0.15) is 13.2 Å². The molecule has 0 aliphatic carbocycles. The summed E-state index contributed by atoms with van der Waals surface area (Å²) in [5.74, 6) is -1.86. The Balaban J connectivity index is 3.45. The third-order valence-electron chi connectivity index (χ3n) is 1.10. The van der Waals surface area contributed by atoms with E-state index in [1.165, 1.54) is 0 Å². The maximum Gasteiger partial charge on any atom is 0.471 e. The van der Waals surface area contributed by atoms with Gasteiger partial charge in [0.15, 0.2) is 0 Å². The van der Waals surface area contributed by atoms with Gasteiger partial charge in [-0.25, -0.2) is 0 Å². The number of halogens is 4. The topological polar surface area (TPSA) is 29.1 Å². The molecular formula is C6H9BrF3NO. The van der Waals surface area contributed by atoms with Gasteiger partial charge in [-0.3, -0.25) is 4.79 Å². The highest BCUT2D eigenvalue weighted by Gasteiger charge is 2.37. The number of carbonyl (C=O) groups excluding carboxylic acids is 1. The van der Waals surface area contributed by atoms with E-state index in [0.717, 1.165) is 11.8 Å². The molecule has 0 aromatic heterocycles. The Bertz CT molecular complexity index is 148. The van der Waals surface area contributed by atoms with E-state index in [0.29, 0.717) is 6.42 Å². The van der Waals surface area contributed by atoms with Gasteiger partial charge in [-0.1, -0.05) is 15.9 Å². The molecule has 72 valence electrons. The number of unbranched alkanes of at least 4 members (excludes halogenated alkanes) is 1. The summed E-state index contributed by atoms with van der Waals surface area (Å²) < 4.78 is 34.6. The molecule has 0 bridgehead atoms. The van der Waals surface area contributed by atoms with Gasteiger partial charge < -0.3 is 5.32 Å². The Kier molecular flexibility index (Phi) is 5.28. The molecule has 0 unspecified atom stereocenters. The van der Waals surface area contributed by atoms with Gasteiger partial charge in [0.2, 0.25) is 0 Å². The summed E-state index contributed by atoms with van der Waals surface area (Å²) in [5, 5.41) is 2.50. The van der Waals surface area contributed by atoms with Crippen LogP contribution in [0.4, 0.5) is 13.2 Å². The standard InChI is InChI=1S/C6H9BrF3NO/c7-3-1-2-4-11-5(12)6(8,9)10/h1-4H2,(H,11,12). The number of amides is 1. The van der Waals surface area contributed by atoms with E-state index in [4.69, 9.17) is 0 Å². The maximum atomic E-state index is 11.5. The van der Waals surface area contributed by atoms with E-state index in [2.05, 4.69) is 15.9 Å². The van der Waals surface area contributed by atoms with Crippen molar-refractivity contribution < 1.29 is 18.0 Å². The van der Waals surface area contributed by atoms with Gasteiger partial charge in [0.1, 0.15) is 0 Å². The molecule has 0 heterocycles. The van der Waals surface area contributed by atoms with Crippen molar-refractivity contribution in [3.05, 3.63) is 0 Å². The molecule has 1 N–H and O–H groups in total. The Morgan fingerprint density at radius 1 is 1.33 bits per heavy atom. The average Bonchev–Trinajstić information content (AvgIpc) is 1.96. The zero-order valence-corrected chi connectivity index (χ0v) is 7.83. The lowest BCUT2D eigenvalue weighted by molar-refractivity contribution is -0.173. The summed E-state index contributed by atoms with van der Waals surface area (Å²) in [6.07, 6.45) is -3.46. The van der Waals surface area contributed by atoms with Crippen LogP contribution in [0.25, 0.3) is 0 Å². The van der Waals surface area contributed by atoms with Gasteiger partial charge in [0.25, 0.3) is 0 Å². The molecular weight excluding hydrogens is 239 g/mol. The van der Waals surface area contributed by atoms with E-state index in [9.17, 15) is 18.0 Å². The van der Waals surface area contributed by atoms with Crippen molar-refractivity contribution in [3.63, 3.8) is 0 Å². The summed E-state index contributed by atoms with van der Waals surface area (Å²) in [4.78, 5) is 10.2. The van der Waals surface area contributed by atoms with Crippen LogP contribution in [0.3, 0.4) is 0 Å². The van der Waals surface area contributed by atoms with Crippen LogP contribution in [0.2, 0.25) is 0 Å². The van der Waals surface area contributed by atoms with Crippen molar-refractivity contribution >= 4 is 21.8 Å². The van der Waals surface area contributed by atoms with Crippen molar-refractivity contribution in [1.82, 2.24) is 5.32 Å². The first-order valence-corrected chi connectivity index (χ1v) is 4.51.